The molecule has 1 aromatic rings. The van der Waals surface area contributed by atoms with E-state index in [2.05, 4.69) is 17.9 Å². The lowest BCUT2D eigenvalue weighted by atomic mass is 10.1. The van der Waals surface area contributed by atoms with Gasteiger partial charge in [-0.3, -0.25) is 9.59 Å². The van der Waals surface area contributed by atoms with Crippen molar-refractivity contribution in [2.45, 2.75) is 19.4 Å². The number of nitrogens with zero attached hydrogens (tertiary/aromatic N) is 1. The highest BCUT2D eigenvalue weighted by Crippen LogP contribution is 2.28. The normalized spacial score (nSPS) is 13.7. The van der Waals surface area contributed by atoms with Crippen LogP contribution in [0.3, 0.4) is 0 Å². The van der Waals surface area contributed by atoms with Crippen molar-refractivity contribution in [1.29, 1.82) is 0 Å². The standard InChI is InChI=1S/C13H16N2O2S/c1-15-11-3-2-9(6-10(11)7-13(15)17)8-14-12(16)4-5-18/h2-3,6,18H,4-5,7-8H2,1H3,(H,14,16). The van der Waals surface area contributed by atoms with Crippen LogP contribution < -0.4 is 10.2 Å². The molecule has 0 aliphatic carbocycles. The molecular weight excluding hydrogens is 248 g/mol. The molecular formula is C13H16N2O2S. The molecule has 0 aromatic heterocycles. The van der Waals surface area contributed by atoms with Gasteiger partial charge in [-0.25, -0.2) is 0 Å². The molecule has 0 radical (unpaired) electrons. The third kappa shape index (κ3) is 2.67. The summed E-state index contributed by atoms with van der Waals surface area (Å²) in [7, 11) is 1.78. The van der Waals surface area contributed by atoms with Crippen LogP contribution in [0.25, 0.3) is 0 Å². The number of carbonyl (C=O) groups is 2. The number of hydrogen-bond donors (Lipinski definition) is 2. The van der Waals surface area contributed by atoms with Gasteiger partial charge in [0, 0.05) is 25.7 Å². The Morgan fingerprint density at radius 1 is 1.50 bits per heavy atom. The number of thiol groups is 1. The Kier molecular flexibility index (Phi) is 3.91. The Hall–Kier alpha value is -1.49. The third-order valence-corrected chi connectivity index (χ3v) is 3.27. The van der Waals surface area contributed by atoms with Crippen molar-refractivity contribution in [2.24, 2.45) is 0 Å². The lowest BCUT2D eigenvalue weighted by Gasteiger charge is -2.11. The highest BCUT2D eigenvalue weighted by atomic mass is 32.1. The van der Waals surface area contributed by atoms with Crippen LogP contribution in [-0.4, -0.2) is 24.6 Å². The molecule has 1 heterocycles. The molecule has 0 fully saturated rings. The first kappa shape index (κ1) is 13.0. The van der Waals surface area contributed by atoms with Crippen LogP contribution in [-0.2, 0) is 22.6 Å². The van der Waals surface area contributed by atoms with Gasteiger partial charge in [0.05, 0.1) is 6.42 Å². The molecule has 0 saturated carbocycles. The van der Waals surface area contributed by atoms with Gasteiger partial charge in [0.2, 0.25) is 11.8 Å². The van der Waals surface area contributed by atoms with Gasteiger partial charge >= 0.3 is 0 Å². The maximum atomic E-state index is 11.5. The van der Waals surface area contributed by atoms with Crippen LogP contribution in [0.2, 0.25) is 0 Å². The summed E-state index contributed by atoms with van der Waals surface area (Å²) >= 11 is 4.01. The number of rotatable bonds is 4. The summed E-state index contributed by atoms with van der Waals surface area (Å²) in [5.41, 5.74) is 3.01. The first-order valence-electron chi connectivity index (χ1n) is 5.87. The highest BCUT2D eigenvalue weighted by molar-refractivity contribution is 7.80. The zero-order valence-electron chi connectivity index (χ0n) is 10.3. The van der Waals surface area contributed by atoms with Gasteiger partial charge in [-0.2, -0.15) is 12.6 Å². The minimum atomic E-state index is -0.00121. The monoisotopic (exact) mass is 264 g/mol. The Morgan fingerprint density at radius 2 is 2.28 bits per heavy atom. The molecule has 1 aliphatic rings. The van der Waals surface area contributed by atoms with Gasteiger partial charge in [0.25, 0.3) is 0 Å². The van der Waals surface area contributed by atoms with Crippen LogP contribution >= 0.6 is 12.6 Å². The quantitative estimate of drug-likeness (QED) is 0.801. The van der Waals surface area contributed by atoms with Gasteiger partial charge in [0.15, 0.2) is 0 Å². The molecule has 96 valence electrons. The van der Waals surface area contributed by atoms with E-state index in [1.807, 2.05) is 18.2 Å². The van der Waals surface area contributed by atoms with Crippen molar-refractivity contribution in [3.05, 3.63) is 29.3 Å². The number of amides is 2. The molecule has 0 spiro atoms. The van der Waals surface area contributed by atoms with Crippen molar-refractivity contribution < 1.29 is 9.59 Å². The van der Waals surface area contributed by atoms with Crippen molar-refractivity contribution in [1.82, 2.24) is 5.32 Å². The van der Waals surface area contributed by atoms with E-state index >= 15 is 0 Å². The molecule has 1 aliphatic heterocycles. The van der Waals surface area contributed by atoms with E-state index in [9.17, 15) is 9.59 Å². The van der Waals surface area contributed by atoms with Crippen LogP contribution in [0.1, 0.15) is 17.5 Å². The molecule has 2 rings (SSSR count). The summed E-state index contributed by atoms with van der Waals surface area (Å²) in [4.78, 5) is 24.5. The molecule has 18 heavy (non-hydrogen) atoms. The first-order chi connectivity index (χ1) is 8.61. The average molecular weight is 264 g/mol. The summed E-state index contributed by atoms with van der Waals surface area (Å²) in [6.45, 7) is 0.498. The van der Waals surface area contributed by atoms with Gasteiger partial charge in [-0.15, -0.1) is 0 Å². The topological polar surface area (TPSA) is 49.4 Å². The predicted molar refractivity (Wildman–Crippen MR) is 73.9 cm³/mol. The fourth-order valence-corrected chi connectivity index (χ4v) is 2.23. The maximum Gasteiger partial charge on any atom is 0.231 e. The molecule has 1 N–H and O–H groups in total. The second-order valence-electron chi connectivity index (χ2n) is 4.34. The SMILES string of the molecule is CN1C(=O)Cc2cc(CNC(=O)CCS)ccc21. The zero-order chi connectivity index (χ0) is 13.1. The molecule has 4 nitrogen and oxygen atoms in total. The summed E-state index contributed by atoms with van der Waals surface area (Å²) in [5, 5.41) is 2.83. The first-order valence-corrected chi connectivity index (χ1v) is 6.51. The van der Waals surface area contributed by atoms with E-state index < -0.39 is 0 Å². The molecule has 2 amide bonds. The van der Waals surface area contributed by atoms with E-state index in [0.717, 1.165) is 16.8 Å². The highest BCUT2D eigenvalue weighted by Gasteiger charge is 2.23. The summed E-state index contributed by atoms with van der Waals surface area (Å²) in [6, 6.07) is 5.85. The second-order valence-corrected chi connectivity index (χ2v) is 4.79. The molecule has 1 aromatic carbocycles. The number of anilines is 1. The fraction of sp³-hybridized carbons (Fsp3) is 0.385. The molecule has 0 atom stereocenters. The number of benzene rings is 1. The average Bonchev–Trinajstić information content (AvgIpc) is 2.63. The minimum absolute atomic E-state index is 0.00121. The smallest absolute Gasteiger partial charge is 0.231 e. The van der Waals surface area contributed by atoms with Crippen LogP contribution in [0, 0.1) is 0 Å². The van der Waals surface area contributed by atoms with Crippen LogP contribution in [0.15, 0.2) is 18.2 Å². The van der Waals surface area contributed by atoms with Gasteiger partial charge < -0.3 is 10.2 Å². The largest absolute Gasteiger partial charge is 0.352 e. The van der Waals surface area contributed by atoms with Crippen molar-refractivity contribution in [2.75, 3.05) is 17.7 Å². The van der Waals surface area contributed by atoms with Gasteiger partial charge in [-0.1, -0.05) is 12.1 Å². The van der Waals surface area contributed by atoms with E-state index in [1.165, 1.54) is 0 Å². The molecule has 0 unspecified atom stereocenters. The summed E-state index contributed by atoms with van der Waals surface area (Å²) < 4.78 is 0. The second kappa shape index (κ2) is 5.44. The zero-order valence-corrected chi connectivity index (χ0v) is 11.2. The number of nitrogens with one attached hydrogen (secondary N) is 1. The third-order valence-electron chi connectivity index (χ3n) is 3.05. The maximum absolute atomic E-state index is 11.5. The lowest BCUT2D eigenvalue weighted by molar-refractivity contribution is -0.121. The Bertz CT molecular complexity index is 488. The number of likely N-dealkylation sites (N-methyl/N-ethyl adjacent to an activating group) is 1. The number of carbonyl (C=O) groups excluding carboxylic acids is 2. The van der Waals surface area contributed by atoms with Crippen LogP contribution in [0.5, 0.6) is 0 Å². The number of fused-ring (bicyclic) bond motifs is 1. The molecule has 5 heteroatoms. The van der Waals surface area contributed by atoms with Gasteiger partial charge in [0.1, 0.15) is 0 Å². The summed E-state index contributed by atoms with van der Waals surface area (Å²) in [5.74, 6) is 0.662. The van der Waals surface area contributed by atoms with Crippen molar-refractivity contribution in [3.63, 3.8) is 0 Å². The Labute approximate surface area is 112 Å². The molecule has 0 bridgehead atoms. The van der Waals surface area contributed by atoms with Crippen molar-refractivity contribution >= 4 is 30.1 Å². The van der Waals surface area contributed by atoms with Gasteiger partial charge in [-0.05, 0) is 22.9 Å². The molecule has 0 saturated heterocycles. The number of hydrogen-bond acceptors (Lipinski definition) is 3. The Morgan fingerprint density at radius 3 is 3.00 bits per heavy atom. The van der Waals surface area contributed by atoms with Crippen molar-refractivity contribution in [3.8, 4) is 0 Å². The fourth-order valence-electron chi connectivity index (χ4n) is 2.02. The van der Waals surface area contributed by atoms with Crippen LogP contribution in [0.4, 0.5) is 5.69 Å². The Balaban J connectivity index is 2.03. The predicted octanol–water partition coefficient (Wildman–Crippen LogP) is 1.14. The van der Waals surface area contributed by atoms with E-state index in [1.54, 1.807) is 11.9 Å². The van der Waals surface area contributed by atoms with E-state index in [4.69, 9.17) is 0 Å². The van der Waals surface area contributed by atoms with E-state index in [0.29, 0.717) is 25.1 Å². The van der Waals surface area contributed by atoms with E-state index in [-0.39, 0.29) is 11.8 Å². The lowest BCUT2D eigenvalue weighted by Crippen LogP contribution is -2.22. The summed E-state index contributed by atoms with van der Waals surface area (Å²) in [6.07, 6.45) is 0.875. The minimum Gasteiger partial charge on any atom is -0.352 e.